The summed E-state index contributed by atoms with van der Waals surface area (Å²) in [6.45, 7) is 0. The Morgan fingerprint density at radius 2 is 2.27 bits per heavy atom. The van der Waals surface area contributed by atoms with E-state index in [9.17, 15) is 4.39 Å². The summed E-state index contributed by atoms with van der Waals surface area (Å²) in [7, 11) is 0. The van der Waals surface area contributed by atoms with Crippen LogP contribution in [0.2, 0.25) is 5.02 Å². The van der Waals surface area contributed by atoms with Gasteiger partial charge in [-0.1, -0.05) is 16.1 Å². The van der Waals surface area contributed by atoms with Crippen LogP contribution in [0, 0.1) is 5.82 Å². The first-order valence-electron chi connectivity index (χ1n) is 4.16. The normalized spacial score (nSPS) is 12.7. The summed E-state index contributed by atoms with van der Waals surface area (Å²) in [6.07, 6.45) is 1.55. The van der Waals surface area contributed by atoms with Crippen molar-refractivity contribution in [2.45, 2.75) is 6.04 Å². The smallest absolute Gasteiger partial charge is 0.123 e. The molecule has 0 saturated carbocycles. The number of halogens is 2. The van der Waals surface area contributed by atoms with Crippen molar-refractivity contribution in [3.8, 4) is 0 Å². The number of nitrogens with zero attached hydrogens (tertiary/aromatic N) is 2. The van der Waals surface area contributed by atoms with Gasteiger partial charge in [-0.25, -0.2) is 4.39 Å². The van der Waals surface area contributed by atoms with Gasteiger partial charge in [0.1, 0.15) is 5.82 Å². The van der Waals surface area contributed by atoms with E-state index in [1.807, 2.05) is 0 Å². The van der Waals surface area contributed by atoms with E-state index in [-0.39, 0.29) is 5.82 Å². The summed E-state index contributed by atoms with van der Waals surface area (Å²) in [5.41, 5.74) is 6.45. The van der Waals surface area contributed by atoms with Crippen molar-refractivity contribution in [1.29, 1.82) is 0 Å². The number of nitrogens with two attached hydrogens (primary N) is 1. The van der Waals surface area contributed by atoms with Gasteiger partial charge in [0.05, 0.1) is 17.1 Å². The van der Waals surface area contributed by atoms with Crippen molar-refractivity contribution in [3.63, 3.8) is 0 Å². The fourth-order valence-corrected chi connectivity index (χ4v) is 1.98. The molecule has 0 radical (unpaired) electrons. The minimum absolute atomic E-state index is 0.359. The van der Waals surface area contributed by atoms with Crippen LogP contribution in [0.15, 0.2) is 24.4 Å². The molecular formula is C9H7ClFN3S. The molecule has 2 N–H and O–H groups in total. The first kappa shape index (κ1) is 10.5. The molecule has 6 heteroatoms. The van der Waals surface area contributed by atoms with Crippen LogP contribution < -0.4 is 5.73 Å². The largest absolute Gasteiger partial charge is 0.319 e. The van der Waals surface area contributed by atoms with Crippen LogP contribution in [0.25, 0.3) is 0 Å². The fraction of sp³-hybridized carbons (Fsp3) is 0.111. The highest BCUT2D eigenvalue weighted by Crippen LogP contribution is 2.28. The van der Waals surface area contributed by atoms with Crippen LogP contribution >= 0.6 is 23.1 Å². The fourth-order valence-electron chi connectivity index (χ4n) is 1.22. The second-order valence-electron chi connectivity index (χ2n) is 2.96. The Kier molecular flexibility index (Phi) is 2.95. The van der Waals surface area contributed by atoms with E-state index in [0.717, 1.165) is 4.88 Å². The Hall–Kier alpha value is -1.04. The van der Waals surface area contributed by atoms with Gasteiger partial charge in [0.25, 0.3) is 0 Å². The molecule has 1 aromatic heterocycles. The molecule has 3 nitrogen and oxygen atoms in total. The van der Waals surface area contributed by atoms with E-state index < -0.39 is 6.04 Å². The van der Waals surface area contributed by atoms with E-state index >= 15 is 0 Å². The van der Waals surface area contributed by atoms with Crippen molar-refractivity contribution in [2.75, 3.05) is 0 Å². The average molecular weight is 244 g/mol. The zero-order valence-corrected chi connectivity index (χ0v) is 9.10. The predicted molar refractivity (Wildman–Crippen MR) is 57.3 cm³/mol. The molecule has 0 aliphatic carbocycles. The van der Waals surface area contributed by atoms with E-state index in [0.29, 0.717) is 10.6 Å². The lowest BCUT2D eigenvalue weighted by molar-refractivity contribution is 0.624. The van der Waals surface area contributed by atoms with E-state index in [1.165, 1.54) is 29.7 Å². The minimum Gasteiger partial charge on any atom is -0.319 e. The second-order valence-corrected chi connectivity index (χ2v) is 4.19. The highest BCUT2D eigenvalue weighted by atomic mass is 35.5. The molecule has 1 atom stereocenters. The summed E-state index contributed by atoms with van der Waals surface area (Å²) in [6, 6.07) is 3.63. The molecule has 78 valence electrons. The lowest BCUT2D eigenvalue weighted by Gasteiger charge is -2.10. The van der Waals surface area contributed by atoms with Crippen molar-refractivity contribution < 1.29 is 4.39 Å². The van der Waals surface area contributed by atoms with E-state index in [4.69, 9.17) is 17.3 Å². The number of benzene rings is 1. The molecule has 1 unspecified atom stereocenters. The quantitative estimate of drug-likeness (QED) is 0.881. The first-order valence-corrected chi connectivity index (χ1v) is 5.31. The number of aromatic nitrogens is 2. The first-order chi connectivity index (χ1) is 7.18. The van der Waals surface area contributed by atoms with Gasteiger partial charge in [0.15, 0.2) is 0 Å². The van der Waals surface area contributed by atoms with Gasteiger partial charge in [0, 0.05) is 5.02 Å². The van der Waals surface area contributed by atoms with Crippen molar-refractivity contribution in [1.82, 2.24) is 9.59 Å². The molecule has 1 aromatic carbocycles. The SMILES string of the molecule is NC(c1cnns1)c1cc(F)ccc1Cl. The Bertz CT molecular complexity index is 460. The molecule has 0 saturated heterocycles. The second kappa shape index (κ2) is 4.22. The molecule has 2 rings (SSSR count). The summed E-state index contributed by atoms with van der Waals surface area (Å²) in [5.74, 6) is -0.359. The third-order valence-electron chi connectivity index (χ3n) is 1.98. The molecule has 2 aromatic rings. The molecular weight excluding hydrogens is 237 g/mol. The Labute approximate surface area is 94.9 Å². The third kappa shape index (κ3) is 2.14. The van der Waals surface area contributed by atoms with Gasteiger partial charge < -0.3 is 5.73 Å². The summed E-state index contributed by atoms with van der Waals surface area (Å²) in [4.78, 5) is 0.752. The molecule has 0 spiro atoms. The van der Waals surface area contributed by atoms with Crippen molar-refractivity contribution in [2.24, 2.45) is 5.73 Å². The molecule has 1 heterocycles. The van der Waals surface area contributed by atoms with Crippen molar-refractivity contribution >= 4 is 23.1 Å². The van der Waals surface area contributed by atoms with Gasteiger partial charge in [-0.2, -0.15) is 0 Å². The summed E-state index contributed by atoms with van der Waals surface area (Å²) in [5, 5.41) is 4.11. The maximum absolute atomic E-state index is 13.0. The number of hydrogen-bond acceptors (Lipinski definition) is 4. The minimum atomic E-state index is -0.479. The molecule has 0 bridgehead atoms. The molecule has 0 aliphatic heterocycles. The lowest BCUT2D eigenvalue weighted by atomic mass is 10.1. The van der Waals surface area contributed by atoms with Crippen LogP contribution in [-0.4, -0.2) is 9.59 Å². The van der Waals surface area contributed by atoms with Crippen LogP contribution in [0.4, 0.5) is 4.39 Å². The number of hydrogen-bond donors (Lipinski definition) is 1. The monoisotopic (exact) mass is 243 g/mol. The van der Waals surface area contributed by atoms with Crippen LogP contribution in [0.1, 0.15) is 16.5 Å². The highest BCUT2D eigenvalue weighted by molar-refractivity contribution is 7.05. The van der Waals surface area contributed by atoms with E-state index in [2.05, 4.69) is 9.59 Å². The molecule has 0 amide bonds. The predicted octanol–water partition coefficient (Wildman–Crippen LogP) is 2.38. The van der Waals surface area contributed by atoms with E-state index in [1.54, 1.807) is 6.20 Å². The standard InChI is InChI=1S/C9H7ClFN3S/c10-7-2-1-5(11)3-6(7)9(12)8-4-13-14-15-8/h1-4,9H,12H2. The van der Waals surface area contributed by atoms with Gasteiger partial charge in [-0.15, -0.1) is 5.10 Å². The Morgan fingerprint density at radius 3 is 2.93 bits per heavy atom. The molecule has 0 fully saturated rings. The van der Waals surface area contributed by atoms with Crippen LogP contribution in [-0.2, 0) is 0 Å². The van der Waals surface area contributed by atoms with Gasteiger partial charge in [-0.05, 0) is 35.3 Å². The van der Waals surface area contributed by atoms with Gasteiger partial charge in [-0.3, -0.25) is 0 Å². The number of rotatable bonds is 2. The topological polar surface area (TPSA) is 51.8 Å². The summed E-state index contributed by atoms with van der Waals surface area (Å²) >= 11 is 7.10. The zero-order chi connectivity index (χ0) is 10.8. The third-order valence-corrected chi connectivity index (χ3v) is 3.07. The highest BCUT2D eigenvalue weighted by Gasteiger charge is 2.15. The van der Waals surface area contributed by atoms with Crippen LogP contribution in [0.3, 0.4) is 0 Å². The summed E-state index contributed by atoms with van der Waals surface area (Å²) < 4.78 is 16.7. The Morgan fingerprint density at radius 1 is 1.47 bits per heavy atom. The molecule has 15 heavy (non-hydrogen) atoms. The van der Waals surface area contributed by atoms with Crippen LogP contribution in [0.5, 0.6) is 0 Å². The average Bonchev–Trinajstić information content (AvgIpc) is 2.74. The molecule has 0 aliphatic rings. The van der Waals surface area contributed by atoms with Gasteiger partial charge in [0.2, 0.25) is 0 Å². The van der Waals surface area contributed by atoms with Gasteiger partial charge >= 0.3 is 0 Å². The zero-order valence-electron chi connectivity index (χ0n) is 7.52. The maximum atomic E-state index is 13.0. The maximum Gasteiger partial charge on any atom is 0.123 e. The Balaban J connectivity index is 2.41. The lowest BCUT2D eigenvalue weighted by Crippen LogP contribution is -2.11. The van der Waals surface area contributed by atoms with Crippen molar-refractivity contribution in [3.05, 3.63) is 45.7 Å².